The van der Waals surface area contributed by atoms with Crippen LogP contribution in [0.4, 0.5) is 5.82 Å². The second kappa shape index (κ2) is 5.59. The Labute approximate surface area is 143 Å². The lowest BCUT2D eigenvalue weighted by Crippen LogP contribution is -2.18. The zero-order valence-corrected chi connectivity index (χ0v) is 14.6. The van der Waals surface area contributed by atoms with Gasteiger partial charge in [-0.25, -0.2) is 0 Å². The second-order valence-electron chi connectivity index (χ2n) is 5.86. The van der Waals surface area contributed by atoms with E-state index in [4.69, 9.17) is 4.74 Å². The Kier molecular flexibility index (Phi) is 3.53. The van der Waals surface area contributed by atoms with Crippen LogP contribution in [0.3, 0.4) is 0 Å². The number of carbonyl (C=O) groups excluding carboxylic acids is 1. The first-order valence-electron chi connectivity index (χ1n) is 7.66. The average Bonchev–Trinajstić information content (AvgIpc) is 3.23. The minimum atomic E-state index is -0.129. The number of methoxy groups -OCH3 is 1. The minimum Gasteiger partial charge on any atom is -0.497 e. The summed E-state index contributed by atoms with van der Waals surface area (Å²) in [6, 6.07) is 7.68. The molecule has 3 heterocycles. The van der Waals surface area contributed by atoms with E-state index in [1.165, 1.54) is 0 Å². The summed E-state index contributed by atoms with van der Waals surface area (Å²) in [7, 11) is 5.40. The summed E-state index contributed by atoms with van der Waals surface area (Å²) in [6.45, 7) is 0. The molecule has 0 aliphatic carbocycles. The van der Waals surface area contributed by atoms with E-state index >= 15 is 0 Å². The summed E-state index contributed by atoms with van der Waals surface area (Å²) in [5, 5.41) is 8.50. The summed E-state index contributed by atoms with van der Waals surface area (Å²) >= 11 is 1.82. The second-order valence-corrected chi connectivity index (χ2v) is 6.84. The van der Waals surface area contributed by atoms with E-state index in [1.54, 1.807) is 11.8 Å². The maximum atomic E-state index is 12.8. The van der Waals surface area contributed by atoms with Crippen molar-refractivity contribution in [3.05, 3.63) is 41.2 Å². The molecule has 1 amide bonds. The monoisotopic (exact) mass is 342 g/mol. The number of aryl methyl sites for hydroxylation is 2. The van der Waals surface area contributed by atoms with Gasteiger partial charge in [-0.05, 0) is 24.3 Å². The molecule has 0 bridgehead atoms. The van der Waals surface area contributed by atoms with Crippen LogP contribution in [-0.4, -0.2) is 27.4 Å². The lowest BCUT2D eigenvalue weighted by molar-refractivity contribution is 0.101. The van der Waals surface area contributed by atoms with Gasteiger partial charge in [0, 0.05) is 42.1 Å². The maximum absolute atomic E-state index is 12.8. The lowest BCUT2D eigenvalue weighted by Gasteiger charge is -2.08. The predicted octanol–water partition coefficient (Wildman–Crippen LogP) is 2.92. The van der Waals surface area contributed by atoms with Crippen LogP contribution in [0.2, 0.25) is 0 Å². The van der Waals surface area contributed by atoms with E-state index in [9.17, 15) is 4.79 Å². The number of ether oxygens (including phenoxy) is 1. The van der Waals surface area contributed by atoms with Gasteiger partial charge in [-0.3, -0.25) is 9.48 Å². The summed E-state index contributed by atoms with van der Waals surface area (Å²) in [6.07, 6.45) is 0. The Bertz CT molecular complexity index is 957. The lowest BCUT2D eigenvalue weighted by atomic mass is 10.2. The largest absolute Gasteiger partial charge is 0.497 e. The molecule has 6 nitrogen and oxygen atoms in total. The molecular weight excluding hydrogens is 324 g/mol. The van der Waals surface area contributed by atoms with Crippen LogP contribution < -0.4 is 10.1 Å². The number of fused-ring (bicyclic) bond motifs is 2. The summed E-state index contributed by atoms with van der Waals surface area (Å²) in [4.78, 5) is 12.8. The number of hydrogen-bond donors (Lipinski definition) is 1. The quantitative estimate of drug-likeness (QED) is 0.795. The van der Waals surface area contributed by atoms with Gasteiger partial charge in [-0.1, -0.05) is 0 Å². The molecule has 0 unspecified atom stereocenters. The van der Waals surface area contributed by atoms with E-state index in [-0.39, 0.29) is 5.91 Å². The summed E-state index contributed by atoms with van der Waals surface area (Å²) in [5.74, 6) is 3.25. The summed E-state index contributed by atoms with van der Waals surface area (Å²) < 4.78 is 8.92. The molecule has 2 aromatic heterocycles. The highest BCUT2D eigenvalue weighted by Gasteiger charge is 2.24. The van der Waals surface area contributed by atoms with Crippen LogP contribution in [0, 0.1) is 0 Å². The van der Waals surface area contributed by atoms with Crippen molar-refractivity contribution in [3.8, 4) is 5.75 Å². The average molecular weight is 342 g/mol. The number of nitrogens with zero attached hydrogens (tertiary/aromatic N) is 3. The molecule has 0 saturated carbocycles. The first kappa shape index (κ1) is 15.1. The molecular formula is C17H18N4O2S. The number of nitrogens with one attached hydrogen (secondary N) is 1. The Morgan fingerprint density at radius 3 is 2.92 bits per heavy atom. The third-order valence-corrected chi connectivity index (χ3v) is 5.40. The number of hydrogen-bond acceptors (Lipinski definition) is 4. The molecule has 0 fully saturated rings. The molecule has 0 saturated heterocycles. The van der Waals surface area contributed by atoms with E-state index in [2.05, 4.69) is 10.4 Å². The predicted molar refractivity (Wildman–Crippen MR) is 95.6 cm³/mol. The first-order valence-corrected chi connectivity index (χ1v) is 8.81. The van der Waals surface area contributed by atoms with Gasteiger partial charge in [0.15, 0.2) is 0 Å². The normalized spacial score (nSPS) is 13.3. The minimum absolute atomic E-state index is 0.129. The Hall–Kier alpha value is -2.41. The highest BCUT2D eigenvalue weighted by atomic mass is 32.2. The van der Waals surface area contributed by atoms with Crippen LogP contribution in [0.15, 0.2) is 24.3 Å². The third kappa shape index (κ3) is 2.27. The molecule has 1 aliphatic heterocycles. The fraction of sp³-hybridized carbons (Fsp3) is 0.294. The van der Waals surface area contributed by atoms with Gasteiger partial charge in [-0.15, -0.1) is 0 Å². The van der Waals surface area contributed by atoms with Gasteiger partial charge in [0.1, 0.15) is 17.3 Å². The Balaban J connectivity index is 1.70. The number of carbonyl (C=O) groups is 1. The van der Waals surface area contributed by atoms with Crippen LogP contribution in [0.25, 0.3) is 10.9 Å². The van der Waals surface area contributed by atoms with Gasteiger partial charge in [-0.2, -0.15) is 16.9 Å². The maximum Gasteiger partial charge on any atom is 0.273 e. The van der Waals surface area contributed by atoms with E-state index < -0.39 is 0 Å². The van der Waals surface area contributed by atoms with Crippen molar-refractivity contribution in [2.75, 3.05) is 12.4 Å². The van der Waals surface area contributed by atoms with Crippen molar-refractivity contribution in [1.29, 1.82) is 0 Å². The first-order chi connectivity index (χ1) is 11.6. The molecule has 124 valence electrons. The molecule has 1 aromatic carbocycles. The van der Waals surface area contributed by atoms with Crippen LogP contribution in [-0.2, 0) is 25.6 Å². The van der Waals surface area contributed by atoms with Gasteiger partial charge in [0.2, 0.25) is 0 Å². The smallest absolute Gasteiger partial charge is 0.273 e. The molecule has 1 N–H and O–H groups in total. The van der Waals surface area contributed by atoms with E-state index in [1.807, 2.05) is 54.7 Å². The molecule has 0 radical (unpaired) electrons. The molecule has 1 aliphatic rings. The number of anilines is 1. The molecule has 24 heavy (non-hydrogen) atoms. The van der Waals surface area contributed by atoms with Gasteiger partial charge in [0.25, 0.3) is 5.91 Å². The van der Waals surface area contributed by atoms with Crippen molar-refractivity contribution >= 4 is 34.4 Å². The van der Waals surface area contributed by atoms with E-state index in [0.29, 0.717) is 5.69 Å². The summed E-state index contributed by atoms with van der Waals surface area (Å²) in [5.41, 5.74) is 3.81. The topological polar surface area (TPSA) is 61.1 Å². The number of rotatable bonds is 3. The van der Waals surface area contributed by atoms with Crippen LogP contribution >= 0.6 is 11.8 Å². The Morgan fingerprint density at radius 2 is 2.12 bits per heavy atom. The number of aromatic nitrogens is 3. The fourth-order valence-corrected chi connectivity index (χ4v) is 4.18. The van der Waals surface area contributed by atoms with Crippen molar-refractivity contribution in [3.63, 3.8) is 0 Å². The third-order valence-electron chi connectivity index (χ3n) is 4.43. The SMILES string of the molecule is COc1ccc2c(c1)cc(C(=O)Nc1c3c(nn1C)CSC3)n2C. The highest BCUT2D eigenvalue weighted by Crippen LogP contribution is 2.34. The van der Waals surface area contributed by atoms with Crippen LogP contribution in [0.5, 0.6) is 5.75 Å². The Morgan fingerprint density at radius 1 is 1.29 bits per heavy atom. The molecule has 7 heteroatoms. The zero-order valence-electron chi connectivity index (χ0n) is 13.8. The zero-order chi connectivity index (χ0) is 16.8. The van der Waals surface area contributed by atoms with Crippen molar-refractivity contribution in [1.82, 2.24) is 14.3 Å². The molecule has 3 aromatic rings. The number of benzene rings is 1. The fourth-order valence-electron chi connectivity index (χ4n) is 3.14. The van der Waals surface area contributed by atoms with E-state index in [0.717, 1.165) is 45.2 Å². The van der Waals surface area contributed by atoms with Gasteiger partial charge >= 0.3 is 0 Å². The highest BCUT2D eigenvalue weighted by molar-refractivity contribution is 7.98. The number of amides is 1. The van der Waals surface area contributed by atoms with Crippen molar-refractivity contribution in [2.45, 2.75) is 11.5 Å². The number of thioether (sulfide) groups is 1. The standard InChI is InChI=1S/C17H18N4O2S/c1-20-14-5-4-11(23-3)6-10(14)7-15(20)17(22)18-16-12-8-24-9-13(12)19-21(16)2/h4-7H,8-9H2,1-3H3,(H,18,22). The molecule has 0 atom stereocenters. The van der Waals surface area contributed by atoms with Gasteiger partial charge in [0.05, 0.1) is 12.8 Å². The van der Waals surface area contributed by atoms with Crippen molar-refractivity contribution < 1.29 is 9.53 Å². The molecule has 0 spiro atoms. The van der Waals surface area contributed by atoms with Gasteiger partial charge < -0.3 is 14.6 Å². The molecule has 4 rings (SSSR count). The van der Waals surface area contributed by atoms with Crippen LogP contribution in [0.1, 0.15) is 21.7 Å². The van der Waals surface area contributed by atoms with Crippen molar-refractivity contribution in [2.24, 2.45) is 14.1 Å².